The number of nitrogens with one attached hydrogen (secondary N) is 6. The van der Waals surface area contributed by atoms with Gasteiger partial charge in [-0.05, 0) is 240 Å². The van der Waals surface area contributed by atoms with Gasteiger partial charge in [0.15, 0.2) is 25.7 Å². The number of halogens is 1. The van der Waals surface area contributed by atoms with Crippen molar-refractivity contribution in [3.8, 4) is 5.75 Å². The minimum atomic E-state index is -3.45. The number of fused-ring (bicyclic) bond motifs is 5. The average Bonchev–Trinajstić information content (AvgIpc) is 1.62. The summed E-state index contributed by atoms with van der Waals surface area (Å²) in [6.45, 7) is 32.6. The summed E-state index contributed by atoms with van der Waals surface area (Å²) in [6.07, 6.45) is 9.62. The zero-order chi connectivity index (χ0) is 85.0. The second kappa shape index (κ2) is 42.4. The molecule has 3 radical (unpaired) electrons. The van der Waals surface area contributed by atoms with Crippen LogP contribution in [0.25, 0.3) is 56.8 Å². The molecule has 5 aliphatic heterocycles. The summed E-state index contributed by atoms with van der Waals surface area (Å²) in [7, 11) is 5.68. The standard InChI is InChI=1S/C19H25N3O2S.C18H26NO5P.C14H19BN2O2S.C14H19N3S.C14H17N3S.C8H7BrN2S.B.Na.H/c1-12-6-8-15(22(11-12)18(23)24-19(2,3)4)13-7-9-16-14(10-13)21-17(20-5)25-16;1-14-11-12-16(19(13-14)17(20)22-18(2,3)4)24-25(5,21)23-15-9-7-6-8-10-15;1-13(2)14(3,4)19-15(18-13)9-6-7-11-10(8-9)17-12(16-5)20-11;2*1-9-3-5-11(16-8-9)10-4-6-13-12(7-10)17-14(15-2)18-13;1-10-8-11-6-4-5(9)2-3-7(6)12-8;;;/h7-10,12H,6,11H2,1-5H3,(H,20,21);6-10,12,14H,11,13H2,1-5H3;6-8H,1-5H3,(H,16,17);4,6-7,9,11,16H,3,5,8H2,1-2H3,(H,15,17);4,6-7,9H,3,5,8H2,1-2H3,(H,15,17);2-4H,1H3,(H,10,11);;;/q;;;;;;;+1;-1. The Hall–Kier alpha value is -7.22. The number of amides is 2. The Kier molecular flexibility index (Phi) is 34.2. The molecule has 0 saturated carbocycles. The molecule has 23 nitrogen and oxygen atoms in total. The smallest absolute Gasteiger partial charge is 1.00 e. The van der Waals surface area contributed by atoms with Crippen LogP contribution in [0.2, 0.25) is 0 Å². The zero-order valence-electron chi connectivity index (χ0n) is 73.9. The van der Waals surface area contributed by atoms with Crippen LogP contribution in [0.1, 0.15) is 160 Å². The number of nitrogens with zero attached hydrogens (tertiary/aromatic N) is 8. The number of anilines is 5. The van der Waals surface area contributed by atoms with Crippen molar-refractivity contribution in [2.24, 2.45) is 28.7 Å². The molecule has 0 spiro atoms. The van der Waals surface area contributed by atoms with E-state index in [0.29, 0.717) is 30.8 Å². The van der Waals surface area contributed by atoms with Crippen molar-refractivity contribution in [1.82, 2.24) is 40.0 Å². The maximum Gasteiger partial charge on any atom is 1.00 e. The van der Waals surface area contributed by atoms with Crippen molar-refractivity contribution in [2.75, 3.05) is 94.7 Å². The molecule has 5 aromatic heterocycles. The molecular formula is C87H114B2BrN14NaO9PS5. The second-order valence-electron chi connectivity index (χ2n) is 33.2. The van der Waals surface area contributed by atoms with Gasteiger partial charge in [-0.25, -0.2) is 44.0 Å². The maximum absolute atomic E-state index is 12.7. The van der Waals surface area contributed by atoms with E-state index in [-0.39, 0.29) is 75.6 Å². The quantitative estimate of drug-likeness (QED) is 0.0463. The molecular weight excluding hydrogens is 1700 g/mol. The summed E-state index contributed by atoms with van der Waals surface area (Å²) in [4.78, 5) is 55.6. The van der Waals surface area contributed by atoms with Crippen molar-refractivity contribution >= 4 is 202 Å². The van der Waals surface area contributed by atoms with Gasteiger partial charge in [0.1, 0.15) is 17.0 Å². The van der Waals surface area contributed by atoms with E-state index in [0.717, 1.165) is 128 Å². The van der Waals surface area contributed by atoms with Crippen molar-refractivity contribution in [1.29, 1.82) is 0 Å². The molecule has 11 aromatic rings. The van der Waals surface area contributed by atoms with E-state index in [4.69, 9.17) is 32.8 Å². The first-order valence-electron chi connectivity index (χ1n) is 40.1. The fourth-order valence-corrected chi connectivity index (χ4v) is 18.6. The first kappa shape index (κ1) is 96.6. The number of thiazole rings is 5. The Morgan fingerprint density at radius 1 is 0.558 bits per heavy atom. The molecule has 120 heavy (non-hydrogen) atoms. The van der Waals surface area contributed by atoms with Gasteiger partial charge in [-0.3, -0.25) is 9.89 Å². The van der Waals surface area contributed by atoms with Gasteiger partial charge < -0.3 is 61.2 Å². The molecule has 635 valence electrons. The van der Waals surface area contributed by atoms with Gasteiger partial charge in [0.2, 0.25) is 5.88 Å². The number of allylic oxidation sites excluding steroid dienone is 2. The van der Waals surface area contributed by atoms with E-state index in [1.807, 2.05) is 87.2 Å². The van der Waals surface area contributed by atoms with Gasteiger partial charge in [0.05, 0.1) is 74.6 Å². The zero-order valence-corrected chi connectivity index (χ0v) is 81.5. The van der Waals surface area contributed by atoms with Crippen LogP contribution in [-0.4, -0.2) is 159 Å². The summed E-state index contributed by atoms with van der Waals surface area (Å²) >= 11 is 11.7. The van der Waals surface area contributed by atoms with Gasteiger partial charge in [0, 0.05) is 85.1 Å². The van der Waals surface area contributed by atoms with E-state index in [1.165, 1.54) is 61.8 Å². The van der Waals surface area contributed by atoms with Crippen molar-refractivity contribution in [3.63, 3.8) is 0 Å². The number of ether oxygens (including phenoxy) is 2. The molecule has 6 N–H and O–H groups in total. The van der Waals surface area contributed by atoms with Crippen LogP contribution in [0.3, 0.4) is 0 Å². The van der Waals surface area contributed by atoms with E-state index < -0.39 is 24.9 Å². The van der Waals surface area contributed by atoms with Gasteiger partial charge in [-0.2, -0.15) is 0 Å². The molecule has 16 rings (SSSR count). The Morgan fingerprint density at radius 3 is 1.50 bits per heavy atom. The molecule has 2 saturated heterocycles. The molecule has 0 bridgehead atoms. The average molecular weight is 1820 g/mol. The van der Waals surface area contributed by atoms with E-state index in [9.17, 15) is 14.2 Å². The number of rotatable bonds is 13. The molecule has 6 aromatic carbocycles. The number of aliphatic imine (C=N–C) groups is 1. The maximum atomic E-state index is 12.7. The summed E-state index contributed by atoms with van der Waals surface area (Å²) < 4.78 is 54.0. The number of benzene rings is 6. The van der Waals surface area contributed by atoms with Gasteiger partial charge >= 0.3 is 56.5 Å². The van der Waals surface area contributed by atoms with Crippen molar-refractivity contribution in [3.05, 3.63) is 161 Å². The van der Waals surface area contributed by atoms with E-state index >= 15 is 0 Å². The van der Waals surface area contributed by atoms with Crippen LogP contribution < -0.4 is 71.4 Å². The van der Waals surface area contributed by atoms with Crippen LogP contribution in [-0.2, 0) is 27.9 Å². The first-order chi connectivity index (χ1) is 56.0. The predicted octanol–water partition coefficient (Wildman–Crippen LogP) is 19.4. The predicted molar refractivity (Wildman–Crippen MR) is 506 cm³/mol. The third-order valence-corrected chi connectivity index (χ3v) is 27.0. The van der Waals surface area contributed by atoms with Crippen molar-refractivity contribution < 1.29 is 73.0 Å². The number of hydrogen-bond acceptors (Lipinski definition) is 26. The number of carbonyl (C=O) groups excluding carboxylic acids is 2. The molecule has 2 amide bonds. The normalized spacial score (nSPS) is 19.1. The Morgan fingerprint density at radius 2 is 1.01 bits per heavy atom. The van der Waals surface area contributed by atoms with Crippen LogP contribution in [0, 0.1) is 23.7 Å². The number of carbonyl (C=O) groups is 2. The first-order valence-corrected chi connectivity index (χ1v) is 47.0. The summed E-state index contributed by atoms with van der Waals surface area (Å²) in [6, 6.07) is 40.9. The van der Waals surface area contributed by atoms with E-state index in [1.54, 1.807) is 113 Å². The third-order valence-electron chi connectivity index (χ3n) is 20.2. The second-order valence-corrected chi connectivity index (χ2v) is 41.2. The summed E-state index contributed by atoms with van der Waals surface area (Å²) in [5.74, 6) is 2.87. The molecule has 6 atom stereocenters. The van der Waals surface area contributed by atoms with E-state index in [2.05, 4.69) is 200 Å². The largest absolute Gasteiger partial charge is 1.00 e. The Labute approximate surface area is 761 Å². The van der Waals surface area contributed by atoms with Crippen LogP contribution in [0.5, 0.6) is 5.75 Å². The molecule has 0 aliphatic carbocycles. The minimum absolute atomic E-state index is 0. The molecule has 2 fully saturated rings. The topological polar surface area (TPSA) is 262 Å². The Bertz CT molecular complexity index is 5420. The number of piperidine rings is 1. The summed E-state index contributed by atoms with van der Waals surface area (Å²) in [5.41, 5.74) is 10.2. The fraction of sp³-hybridized carbons (Fsp3) is 0.448. The van der Waals surface area contributed by atoms with Crippen LogP contribution in [0.15, 0.2) is 149 Å². The van der Waals surface area contributed by atoms with Gasteiger partial charge in [-0.1, -0.05) is 149 Å². The van der Waals surface area contributed by atoms with Crippen molar-refractivity contribution in [2.45, 2.75) is 164 Å². The summed E-state index contributed by atoms with van der Waals surface area (Å²) in [5, 5.41) is 23.8. The number of para-hydroxylation sites is 1. The minimum Gasteiger partial charge on any atom is -1.00 e. The Balaban J connectivity index is 0.000000182. The van der Waals surface area contributed by atoms with Gasteiger partial charge in [0.25, 0.3) is 0 Å². The molecule has 10 heterocycles. The number of aromatic nitrogens is 5. The fourth-order valence-electron chi connectivity index (χ4n) is 13.2. The molecule has 6 unspecified atom stereocenters. The monoisotopic (exact) mass is 1810 g/mol. The van der Waals surface area contributed by atoms with Gasteiger partial charge in [-0.15, -0.1) is 0 Å². The van der Waals surface area contributed by atoms with Crippen LogP contribution >= 0.6 is 80.2 Å². The third kappa shape index (κ3) is 26.4. The SMILES string of the molecule is CC1CC=C(OP(C)(=O)Oc2ccccc2)N(C(=O)OC(C)(C)C)C1.CNc1nc2cc(B3OC(C)(C)C(C)(C)O3)ccc2s1.CNc1nc2cc(Br)ccc2s1.CNc1nc2cc(C3=CCC(C)CN3C(=O)OC(C)(C)C)ccc2s1.CNc1nc2cc(C3=NCC(C)CC3)ccc2s1.CNc1nc2cc(C3CCC(C)CN3)ccc2s1.[B].[H-].[Na+]. The molecule has 33 heteroatoms. The van der Waals surface area contributed by atoms with Crippen LogP contribution in [0.4, 0.5) is 35.2 Å². The number of hydrogen-bond donors (Lipinski definition) is 6. The molecule has 5 aliphatic rings.